The van der Waals surface area contributed by atoms with E-state index in [4.69, 9.17) is 4.74 Å². The number of nitrogens with zero attached hydrogens (tertiary/aromatic N) is 1. The molecule has 0 aromatic heterocycles. The van der Waals surface area contributed by atoms with Gasteiger partial charge in [-0.05, 0) is 36.1 Å². The van der Waals surface area contributed by atoms with Gasteiger partial charge in [0.1, 0.15) is 5.82 Å². The topological polar surface area (TPSA) is 24.5 Å². The lowest BCUT2D eigenvalue weighted by Crippen LogP contribution is -2.39. The Morgan fingerprint density at radius 2 is 2.00 bits per heavy atom. The zero-order chi connectivity index (χ0) is 14.5. The van der Waals surface area contributed by atoms with Gasteiger partial charge in [-0.2, -0.15) is 0 Å². The van der Waals surface area contributed by atoms with Gasteiger partial charge in [-0.15, -0.1) is 0 Å². The van der Waals surface area contributed by atoms with Gasteiger partial charge in [0.2, 0.25) is 0 Å². The molecular weight excluding hydrogens is 255 g/mol. The molecular formula is C16H25FN2O. The number of anilines is 1. The van der Waals surface area contributed by atoms with Gasteiger partial charge in [-0.3, -0.25) is 4.90 Å². The van der Waals surface area contributed by atoms with Crippen LogP contribution in [0.25, 0.3) is 0 Å². The minimum atomic E-state index is -0.148. The van der Waals surface area contributed by atoms with Crippen molar-refractivity contribution >= 4 is 5.69 Å². The molecule has 3 nitrogen and oxygen atoms in total. The van der Waals surface area contributed by atoms with Gasteiger partial charge in [0.25, 0.3) is 0 Å². The molecule has 2 rings (SSSR count). The second kappa shape index (κ2) is 7.04. The van der Waals surface area contributed by atoms with Gasteiger partial charge in [0.15, 0.2) is 0 Å². The number of aryl methyl sites for hydroxylation is 1. The van der Waals surface area contributed by atoms with Crippen LogP contribution in [0, 0.1) is 12.7 Å². The fourth-order valence-corrected chi connectivity index (χ4v) is 2.63. The highest BCUT2D eigenvalue weighted by molar-refractivity contribution is 5.58. The summed E-state index contributed by atoms with van der Waals surface area (Å²) in [5.41, 5.74) is 3.13. The highest BCUT2D eigenvalue weighted by Gasteiger charge is 2.13. The maximum Gasteiger partial charge on any atom is 0.123 e. The first-order valence-corrected chi connectivity index (χ1v) is 7.42. The molecule has 112 valence electrons. The molecule has 0 radical (unpaired) electrons. The van der Waals surface area contributed by atoms with E-state index in [0.717, 1.165) is 56.2 Å². The molecule has 0 unspecified atom stereocenters. The molecule has 1 heterocycles. The Labute approximate surface area is 121 Å². The van der Waals surface area contributed by atoms with Gasteiger partial charge >= 0.3 is 0 Å². The minimum absolute atomic E-state index is 0.148. The molecule has 0 saturated carbocycles. The Bertz CT molecular complexity index is 442. The van der Waals surface area contributed by atoms with Crippen molar-refractivity contribution in [3.05, 3.63) is 29.1 Å². The summed E-state index contributed by atoms with van der Waals surface area (Å²) >= 11 is 0. The third-order valence-electron chi connectivity index (χ3n) is 3.79. The van der Waals surface area contributed by atoms with E-state index in [9.17, 15) is 4.39 Å². The number of hydrogen-bond acceptors (Lipinski definition) is 3. The number of rotatable bonds is 5. The van der Waals surface area contributed by atoms with Crippen molar-refractivity contribution in [3.63, 3.8) is 0 Å². The van der Waals surface area contributed by atoms with E-state index < -0.39 is 0 Å². The van der Waals surface area contributed by atoms with Gasteiger partial charge in [-0.1, -0.05) is 13.8 Å². The number of benzene rings is 1. The van der Waals surface area contributed by atoms with E-state index in [0.29, 0.717) is 5.92 Å². The van der Waals surface area contributed by atoms with Crippen molar-refractivity contribution in [1.29, 1.82) is 0 Å². The van der Waals surface area contributed by atoms with Crippen LogP contribution in [0.2, 0.25) is 0 Å². The number of ether oxygens (including phenoxy) is 1. The van der Waals surface area contributed by atoms with E-state index >= 15 is 0 Å². The molecule has 0 bridgehead atoms. The fraction of sp³-hybridized carbons (Fsp3) is 0.625. The molecule has 1 fully saturated rings. The third kappa shape index (κ3) is 3.93. The molecule has 0 amide bonds. The highest BCUT2D eigenvalue weighted by atomic mass is 19.1. The van der Waals surface area contributed by atoms with E-state index in [-0.39, 0.29) is 5.82 Å². The number of nitrogens with one attached hydrogen (secondary N) is 1. The van der Waals surface area contributed by atoms with Crippen LogP contribution in [0.3, 0.4) is 0 Å². The Morgan fingerprint density at radius 1 is 1.30 bits per heavy atom. The van der Waals surface area contributed by atoms with Crippen molar-refractivity contribution in [2.75, 3.05) is 44.7 Å². The summed E-state index contributed by atoms with van der Waals surface area (Å²) in [6.07, 6.45) is 0. The van der Waals surface area contributed by atoms with Gasteiger partial charge in [0.05, 0.1) is 13.2 Å². The van der Waals surface area contributed by atoms with Crippen LogP contribution in [-0.4, -0.2) is 44.3 Å². The summed E-state index contributed by atoms with van der Waals surface area (Å²) < 4.78 is 18.9. The Morgan fingerprint density at radius 3 is 2.65 bits per heavy atom. The van der Waals surface area contributed by atoms with Crippen LogP contribution in [0.5, 0.6) is 0 Å². The van der Waals surface area contributed by atoms with Crippen LogP contribution in [0.4, 0.5) is 10.1 Å². The predicted molar refractivity (Wildman–Crippen MR) is 81.0 cm³/mol. The average Bonchev–Trinajstić information content (AvgIpc) is 2.41. The molecule has 0 aliphatic carbocycles. The third-order valence-corrected chi connectivity index (χ3v) is 3.79. The first-order chi connectivity index (χ1) is 9.58. The molecule has 0 spiro atoms. The summed E-state index contributed by atoms with van der Waals surface area (Å²) in [4.78, 5) is 2.39. The largest absolute Gasteiger partial charge is 0.383 e. The minimum Gasteiger partial charge on any atom is -0.383 e. The van der Waals surface area contributed by atoms with Crippen LogP contribution in [-0.2, 0) is 4.74 Å². The van der Waals surface area contributed by atoms with Crippen molar-refractivity contribution in [2.24, 2.45) is 0 Å². The lowest BCUT2D eigenvalue weighted by Gasteiger charge is -2.27. The maximum atomic E-state index is 13.5. The monoisotopic (exact) mass is 280 g/mol. The van der Waals surface area contributed by atoms with E-state index in [1.54, 1.807) is 12.1 Å². The Hall–Kier alpha value is -1.13. The first kappa shape index (κ1) is 15.3. The van der Waals surface area contributed by atoms with Gasteiger partial charge in [-0.25, -0.2) is 4.39 Å². The summed E-state index contributed by atoms with van der Waals surface area (Å²) in [5.74, 6) is 0.167. The smallest absolute Gasteiger partial charge is 0.123 e. The number of halogens is 1. The summed E-state index contributed by atoms with van der Waals surface area (Å²) in [6, 6.07) is 3.25. The lowest BCUT2D eigenvalue weighted by molar-refractivity contribution is 0.0398. The fourth-order valence-electron chi connectivity index (χ4n) is 2.63. The molecule has 1 N–H and O–H groups in total. The second-order valence-electron chi connectivity index (χ2n) is 5.72. The predicted octanol–water partition coefficient (Wildman–Crippen LogP) is 3.00. The second-order valence-corrected chi connectivity index (χ2v) is 5.72. The molecule has 1 aromatic rings. The Balaban J connectivity index is 1.97. The van der Waals surface area contributed by atoms with Crippen LogP contribution in [0.15, 0.2) is 12.1 Å². The van der Waals surface area contributed by atoms with Gasteiger partial charge < -0.3 is 10.1 Å². The molecule has 4 heteroatoms. The van der Waals surface area contributed by atoms with E-state index in [1.807, 2.05) is 6.92 Å². The van der Waals surface area contributed by atoms with E-state index in [2.05, 4.69) is 24.1 Å². The normalized spacial score (nSPS) is 16.6. The summed E-state index contributed by atoms with van der Waals surface area (Å²) in [7, 11) is 0. The highest BCUT2D eigenvalue weighted by Crippen LogP contribution is 2.28. The summed E-state index contributed by atoms with van der Waals surface area (Å²) in [5, 5.41) is 3.49. The molecule has 1 aliphatic rings. The number of morpholine rings is 1. The SMILES string of the molecule is Cc1cc(F)cc(C(C)C)c1NCCN1CCOCC1. The van der Waals surface area contributed by atoms with Crippen molar-refractivity contribution < 1.29 is 9.13 Å². The zero-order valence-corrected chi connectivity index (χ0v) is 12.7. The quantitative estimate of drug-likeness (QED) is 0.897. The van der Waals surface area contributed by atoms with Crippen molar-refractivity contribution in [1.82, 2.24) is 4.90 Å². The maximum absolute atomic E-state index is 13.5. The molecule has 0 atom stereocenters. The first-order valence-electron chi connectivity index (χ1n) is 7.42. The standard InChI is InChI=1S/C16H25FN2O/c1-12(2)15-11-14(17)10-13(3)16(15)18-4-5-19-6-8-20-9-7-19/h10-12,18H,4-9H2,1-3H3. The van der Waals surface area contributed by atoms with Crippen LogP contribution < -0.4 is 5.32 Å². The van der Waals surface area contributed by atoms with Crippen molar-refractivity contribution in [2.45, 2.75) is 26.7 Å². The van der Waals surface area contributed by atoms with Crippen molar-refractivity contribution in [3.8, 4) is 0 Å². The molecule has 20 heavy (non-hydrogen) atoms. The summed E-state index contributed by atoms with van der Waals surface area (Å²) in [6.45, 7) is 11.7. The molecule has 1 saturated heterocycles. The van der Waals surface area contributed by atoms with Crippen LogP contribution >= 0.6 is 0 Å². The zero-order valence-electron chi connectivity index (χ0n) is 12.7. The molecule has 1 aliphatic heterocycles. The Kier molecular flexibility index (Phi) is 5.38. The molecule has 1 aromatic carbocycles. The van der Waals surface area contributed by atoms with E-state index in [1.165, 1.54) is 0 Å². The number of hydrogen-bond donors (Lipinski definition) is 1. The lowest BCUT2D eigenvalue weighted by atomic mass is 9.98. The van der Waals surface area contributed by atoms with Crippen LogP contribution in [0.1, 0.15) is 30.9 Å². The average molecular weight is 280 g/mol. The van der Waals surface area contributed by atoms with Gasteiger partial charge in [0, 0.05) is 31.9 Å².